The molecule has 4 rings (SSSR count). The number of aromatic nitrogens is 6. The maximum Gasteiger partial charge on any atom is 0.242 e. The first-order valence-corrected chi connectivity index (χ1v) is 10.1. The molecule has 0 bridgehead atoms. The first kappa shape index (κ1) is 21.9. The summed E-state index contributed by atoms with van der Waals surface area (Å²) in [7, 11) is 3.14. The van der Waals surface area contributed by atoms with Gasteiger partial charge in [0.1, 0.15) is 11.4 Å². The van der Waals surface area contributed by atoms with E-state index in [-0.39, 0.29) is 1.43 Å². The van der Waals surface area contributed by atoms with Gasteiger partial charge in [-0.25, -0.2) is 24.9 Å². The molecule has 0 saturated heterocycles. The van der Waals surface area contributed by atoms with Crippen LogP contribution in [0.2, 0.25) is 0 Å². The predicted octanol–water partition coefficient (Wildman–Crippen LogP) is 4.27. The zero-order chi connectivity index (χ0) is 22.4. The lowest BCUT2D eigenvalue weighted by Crippen LogP contribution is -2.06. The monoisotopic (exact) mass is 424 g/mol. The molecule has 164 valence electrons. The number of aryl methyl sites for hydroxylation is 1. The van der Waals surface area contributed by atoms with E-state index in [1.165, 1.54) is 0 Å². The first-order chi connectivity index (χ1) is 15.2. The summed E-state index contributed by atoms with van der Waals surface area (Å²) in [6.45, 7) is 8.29. The number of hydrogen-bond donors (Lipinski definition) is 0. The molecule has 0 aliphatic rings. The van der Waals surface area contributed by atoms with Gasteiger partial charge in [0, 0.05) is 19.8 Å². The summed E-state index contributed by atoms with van der Waals surface area (Å²) in [6, 6.07) is 7.26. The molecule has 0 radical (unpaired) electrons. The number of hydrogen-bond acceptors (Lipinski definition) is 8. The Labute approximate surface area is 182 Å². The highest BCUT2D eigenvalue weighted by Gasteiger charge is 2.24. The van der Waals surface area contributed by atoms with Crippen LogP contribution in [0.15, 0.2) is 36.7 Å². The molecule has 9 nitrogen and oxygen atoms in total. The van der Waals surface area contributed by atoms with Crippen molar-refractivity contribution in [2.75, 3.05) is 20.8 Å². The van der Waals surface area contributed by atoms with Gasteiger partial charge in [-0.2, -0.15) is 0 Å². The zero-order valence-electron chi connectivity index (χ0n) is 18.6. The zero-order valence-corrected chi connectivity index (χ0v) is 18.6. The van der Waals surface area contributed by atoms with Crippen LogP contribution in [0, 0.1) is 6.92 Å². The molecule has 0 fully saturated rings. The molecule has 0 saturated carbocycles. The standard InChI is InChI=1S/C20H20N6O3.C2H6.H2/c1-5-29-15-8-6-7-13(24-15)18-25-17-19(23-12(2)11-22-17)26(18)16-14(27-3)9-10-21-20(16)28-4;1-2;/h6-11H,5H2,1-4H3;1-2H3;1H. The minimum Gasteiger partial charge on any atom is -0.494 e. The van der Waals surface area contributed by atoms with Crippen molar-refractivity contribution in [1.29, 1.82) is 0 Å². The lowest BCUT2D eigenvalue weighted by atomic mass is 10.3. The van der Waals surface area contributed by atoms with Gasteiger partial charge in [-0.05, 0) is 19.9 Å². The van der Waals surface area contributed by atoms with Crippen molar-refractivity contribution in [3.05, 3.63) is 42.4 Å². The quantitative estimate of drug-likeness (QED) is 0.453. The summed E-state index contributed by atoms with van der Waals surface area (Å²) in [6.07, 6.45) is 3.29. The Balaban J connectivity index is 0.00000118. The number of pyridine rings is 2. The van der Waals surface area contributed by atoms with E-state index in [1.807, 2.05) is 39.8 Å². The highest BCUT2D eigenvalue weighted by atomic mass is 16.5. The van der Waals surface area contributed by atoms with Gasteiger partial charge in [-0.1, -0.05) is 19.9 Å². The summed E-state index contributed by atoms with van der Waals surface area (Å²) in [5, 5.41) is 0. The van der Waals surface area contributed by atoms with Gasteiger partial charge in [0.25, 0.3) is 0 Å². The largest absolute Gasteiger partial charge is 0.494 e. The predicted molar refractivity (Wildman–Crippen MR) is 120 cm³/mol. The molecule has 31 heavy (non-hydrogen) atoms. The Hall–Kier alpha value is -3.75. The second-order valence-electron chi connectivity index (χ2n) is 6.09. The van der Waals surface area contributed by atoms with Crippen LogP contribution in [0.4, 0.5) is 0 Å². The van der Waals surface area contributed by atoms with Crippen LogP contribution in [0.3, 0.4) is 0 Å². The van der Waals surface area contributed by atoms with Crippen LogP contribution in [-0.4, -0.2) is 50.3 Å². The molecule has 0 amide bonds. The van der Waals surface area contributed by atoms with Gasteiger partial charge in [0.15, 0.2) is 22.8 Å². The molecule has 0 atom stereocenters. The van der Waals surface area contributed by atoms with Gasteiger partial charge >= 0.3 is 0 Å². The average molecular weight is 425 g/mol. The first-order valence-electron chi connectivity index (χ1n) is 10.1. The molecular formula is C22H28N6O3. The molecule has 0 aliphatic heterocycles. The second kappa shape index (κ2) is 9.84. The molecule has 0 aromatic carbocycles. The minimum atomic E-state index is 0. The van der Waals surface area contributed by atoms with Crippen LogP contribution in [0.25, 0.3) is 28.5 Å². The molecule has 9 heteroatoms. The van der Waals surface area contributed by atoms with Crippen LogP contribution in [-0.2, 0) is 0 Å². The van der Waals surface area contributed by atoms with E-state index in [2.05, 4.69) is 24.9 Å². The number of ether oxygens (including phenoxy) is 3. The number of rotatable bonds is 6. The van der Waals surface area contributed by atoms with Gasteiger partial charge in [0.2, 0.25) is 11.8 Å². The Morgan fingerprint density at radius 1 is 1.00 bits per heavy atom. The van der Waals surface area contributed by atoms with Crippen molar-refractivity contribution in [3.63, 3.8) is 0 Å². The fraction of sp³-hybridized carbons (Fsp3) is 0.318. The molecule has 0 N–H and O–H groups in total. The number of methoxy groups -OCH3 is 2. The Kier molecular flexibility index (Phi) is 6.96. The van der Waals surface area contributed by atoms with E-state index in [1.54, 1.807) is 43.3 Å². The van der Waals surface area contributed by atoms with E-state index in [4.69, 9.17) is 14.2 Å². The third kappa shape index (κ3) is 4.25. The van der Waals surface area contributed by atoms with Gasteiger partial charge < -0.3 is 14.2 Å². The Bertz CT molecular complexity index is 1160. The van der Waals surface area contributed by atoms with Crippen LogP contribution < -0.4 is 14.2 Å². The number of nitrogens with zero attached hydrogens (tertiary/aromatic N) is 6. The maximum absolute atomic E-state index is 5.58. The van der Waals surface area contributed by atoms with Crippen molar-refractivity contribution in [2.24, 2.45) is 0 Å². The molecule has 0 aliphatic carbocycles. The van der Waals surface area contributed by atoms with Crippen molar-refractivity contribution < 1.29 is 15.6 Å². The topological polar surface area (TPSA) is 97.1 Å². The van der Waals surface area contributed by atoms with Crippen molar-refractivity contribution >= 4 is 11.3 Å². The van der Waals surface area contributed by atoms with Gasteiger partial charge in [0.05, 0.1) is 32.7 Å². The highest BCUT2D eigenvalue weighted by Crippen LogP contribution is 2.36. The summed E-state index contributed by atoms with van der Waals surface area (Å²) in [5.74, 6) is 1.96. The highest BCUT2D eigenvalue weighted by molar-refractivity contribution is 5.78. The van der Waals surface area contributed by atoms with E-state index < -0.39 is 0 Å². The lowest BCUT2D eigenvalue weighted by molar-refractivity contribution is 0.327. The van der Waals surface area contributed by atoms with E-state index in [0.29, 0.717) is 52.6 Å². The van der Waals surface area contributed by atoms with Crippen LogP contribution >= 0.6 is 0 Å². The third-order valence-electron chi connectivity index (χ3n) is 4.23. The van der Waals surface area contributed by atoms with Crippen molar-refractivity contribution in [3.8, 4) is 34.7 Å². The molecule has 4 aromatic rings. The minimum absolute atomic E-state index is 0. The molecule has 4 heterocycles. The molecular weight excluding hydrogens is 396 g/mol. The summed E-state index contributed by atoms with van der Waals surface area (Å²) in [4.78, 5) is 22.7. The maximum atomic E-state index is 5.58. The Morgan fingerprint density at radius 2 is 1.81 bits per heavy atom. The normalized spacial score (nSPS) is 10.4. The van der Waals surface area contributed by atoms with Crippen LogP contribution in [0.1, 0.15) is 27.9 Å². The van der Waals surface area contributed by atoms with Gasteiger partial charge in [-0.15, -0.1) is 0 Å². The number of fused-ring (bicyclic) bond motifs is 1. The molecule has 4 aromatic heterocycles. The summed E-state index contributed by atoms with van der Waals surface area (Å²) < 4.78 is 18.5. The third-order valence-corrected chi connectivity index (χ3v) is 4.23. The molecule has 0 unspecified atom stereocenters. The van der Waals surface area contributed by atoms with Crippen molar-refractivity contribution in [2.45, 2.75) is 27.7 Å². The fourth-order valence-electron chi connectivity index (χ4n) is 3.03. The van der Waals surface area contributed by atoms with E-state index >= 15 is 0 Å². The average Bonchev–Trinajstić information content (AvgIpc) is 3.18. The van der Waals surface area contributed by atoms with E-state index in [0.717, 1.165) is 5.69 Å². The van der Waals surface area contributed by atoms with Crippen molar-refractivity contribution in [1.82, 2.24) is 29.5 Å². The smallest absolute Gasteiger partial charge is 0.242 e. The fourth-order valence-corrected chi connectivity index (χ4v) is 3.03. The SMILES string of the molecule is CC.CCOc1cccc(-c2nc3ncc(C)nc3n2-c2c(OC)ccnc2OC)n1.[HH]. The van der Waals surface area contributed by atoms with E-state index in [9.17, 15) is 0 Å². The van der Waals surface area contributed by atoms with Crippen LogP contribution in [0.5, 0.6) is 17.5 Å². The summed E-state index contributed by atoms with van der Waals surface area (Å²) >= 11 is 0. The molecule has 0 spiro atoms. The van der Waals surface area contributed by atoms with Gasteiger partial charge in [-0.3, -0.25) is 4.57 Å². The number of imidazole rings is 1. The second-order valence-corrected chi connectivity index (χ2v) is 6.09. The summed E-state index contributed by atoms with van der Waals surface area (Å²) in [5.41, 5.74) is 2.94. The Morgan fingerprint density at radius 3 is 2.52 bits per heavy atom. The lowest BCUT2D eigenvalue weighted by Gasteiger charge is -2.15.